The lowest BCUT2D eigenvalue weighted by atomic mass is 10.3. The number of hydrogen-bond acceptors (Lipinski definition) is 2. The van der Waals surface area contributed by atoms with Crippen LogP contribution in [0.25, 0.3) is 0 Å². The Bertz CT molecular complexity index is 214. The maximum Gasteiger partial charge on any atom is 0.410 e. The van der Waals surface area contributed by atoms with Crippen molar-refractivity contribution in [3.05, 3.63) is 25.3 Å². The van der Waals surface area contributed by atoms with Crippen molar-refractivity contribution >= 4 is 6.09 Å². The number of nitrogens with zero attached hydrogens (tertiary/aromatic N) is 1. The van der Waals surface area contributed by atoms with Crippen LogP contribution in [0.5, 0.6) is 0 Å². The molecule has 15 heavy (non-hydrogen) atoms. The standard InChI is InChI=1S/C9H15NO2.C3H6/c1-3-4-5-6-10-7-8(2)12-9(10)11;1-3-2/h3,8H,1,4-7H2,2H3;3H,1H2,2H3. The van der Waals surface area contributed by atoms with Crippen LogP contribution in [0.4, 0.5) is 4.79 Å². The van der Waals surface area contributed by atoms with E-state index >= 15 is 0 Å². The topological polar surface area (TPSA) is 29.5 Å². The minimum atomic E-state index is -0.174. The quantitative estimate of drug-likeness (QED) is 0.528. The van der Waals surface area contributed by atoms with Gasteiger partial charge in [-0.15, -0.1) is 13.2 Å². The van der Waals surface area contributed by atoms with E-state index in [1.54, 1.807) is 11.0 Å². The van der Waals surface area contributed by atoms with E-state index in [1.165, 1.54) is 0 Å². The van der Waals surface area contributed by atoms with Crippen LogP contribution in [0.15, 0.2) is 25.3 Å². The predicted molar refractivity (Wildman–Crippen MR) is 62.8 cm³/mol. The van der Waals surface area contributed by atoms with Gasteiger partial charge in [0.2, 0.25) is 0 Å². The third-order valence-corrected chi connectivity index (χ3v) is 1.87. The number of carbonyl (C=O) groups is 1. The monoisotopic (exact) mass is 211 g/mol. The van der Waals surface area contributed by atoms with E-state index in [4.69, 9.17) is 4.74 Å². The van der Waals surface area contributed by atoms with Crippen LogP contribution in [0.3, 0.4) is 0 Å². The Morgan fingerprint density at radius 3 is 2.60 bits per heavy atom. The van der Waals surface area contributed by atoms with Crippen LogP contribution in [0.1, 0.15) is 26.7 Å². The number of rotatable bonds is 4. The predicted octanol–water partition coefficient (Wildman–Crippen LogP) is 2.99. The fourth-order valence-electron chi connectivity index (χ4n) is 1.28. The summed E-state index contributed by atoms with van der Waals surface area (Å²) in [4.78, 5) is 12.8. The maximum absolute atomic E-state index is 11.1. The van der Waals surface area contributed by atoms with Gasteiger partial charge < -0.3 is 9.64 Å². The Hall–Kier alpha value is -1.25. The van der Waals surface area contributed by atoms with E-state index < -0.39 is 0 Å². The Kier molecular flexibility index (Phi) is 7.42. The van der Waals surface area contributed by atoms with Crippen LogP contribution in [0, 0.1) is 0 Å². The summed E-state index contributed by atoms with van der Waals surface area (Å²) in [5.74, 6) is 0. The Labute approximate surface area is 92.4 Å². The summed E-state index contributed by atoms with van der Waals surface area (Å²) < 4.78 is 4.97. The van der Waals surface area contributed by atoms with E-state index in [1.807, 2.05) is 19.9 Å². The van der Waals surface area contributed by atoms with Gasteiger partial charge in [0.25, 0.3) is 0 Å². The number of ether oxygens (including phenoxy) is 1. The van der Waals surface area contributed by atoms with Gasteiger partial charge in [-0.25, -0.2) is 4.79 Å². The number of amides is 1. The van der Waals surface area contributed by atoms with Crippen LogP contribution in [-0.4, -0.2) is 30.2 Å². The van der Waals surface area contributed by atoms with Gasteiger partial charge >= 0.3 is 6.09 Å². The molecule has 0 aromatic carbocycles. The van der Waals surface area contributed by atoms with Gasteiger partial charge in [-0.05, 0) is 26.7 Å². The molecule has 0 saturated carbocycles. The Morgan fingerprint density at radius 1 is 1.60 bits per heavy atom. The SMILES string of the molecule is C=CC.C=CCCCN1CC(C)OC1=O. The summed E-state index contributed by atoms with van der Waals surface area (Å²) >= 11 is 0. The van der Waals surface area contributed by atoms with Crippen molar-refractivity contribution in [1.29, 1.82) is 0 Å². The smallest absolute Gasteiger partial charge is 0.410 e. The first-order chi connectivity index (χ1) is 7.15. The van der Waals surface area contributed by atoms with Gasteiger partial charge in [0.05, 0.1) is 6.54 Å². The fourth-order valence-corrected chi connectivity index (χ4v) is 1.28. The minimum Gasteiger partial charge on any atom is -0.445 e. The van der Waals surface area contributed by atoms with Crippen LogP contribution >= 0.6 is 0 Å². The molecule has 1 rings (SSSR count). The number of carbonyl (C=O) groups excluding carboxylic acids is 1. The molecule has 3 nitrogen and oxygen atoms in total. The largest absolute Gasteiger partial charge is 0.445 e. The van der Waals surface area contributed by atoms with E-state index in [9.17, 15) is 4.79 Å². The first-order valence-electron chi connectivity index (χ1n) is 5.29. The second-order valence-corrected chi connectivity index (χ2v) is 3.48. The maximum atomic E-state index is 11.1. The van der Waals surface area contributed by atoms with Crippen molar-refractivity contribution in [1.82, 2.24) is 4.90 Å². The van der Waals surface area contributed by atoms with Crippen LogP contribution in [0.2, 0.25) is 0 Å². The number of hydrogen-bond donors (Lipinski definition) is 0. The summed E-state index contributed by atoms with van der Waals surface area (Å²) in [7, 11) is 0. The molecule has 0 aromatic rings. The highest BCUT2D eigenvalue weighted by Crippen LogP contribution is 2.10. The Morgan fingerprint density at radius 2 is 2.20 bits per heavy atom. The molecule has 1 heterocycles. The van der Waals surface area contributed by atoms with Crippen molar-refractivity contribution in [3.8, 4) is 0 Å². The van der Waals surface area contributed by atoms with E-state index in [2.05, 4.69) is 13.2 Å². The van der Waals surface area contributed by atoms with Gasteiger partial charge in [0.15, 0.2) is 0 Å². The molecule has 0 radical (unpaired) electrons. The molecule has 0 aromatic heterocycles. The summed E-state index contributed by atoms with van der Waals surface area (Å²) in [6, 6.07) is 0. The lowest BCUT2D eigenvalue weighted by Gasteiger charge is -2.10. The fraction of sp³-hybridized carbons (Fsp3) is 0.583. The van der Waals surface area contributed by atoms with Gasteiger partial charge in [-0.2, -0.15) is 0 Å². The molecule has 1 aliphatic heterocycles. The summed E-state index contributed by atoms with van der Waals surface area (Å²) in [6.07, 6.45) is 5.43. The van der Waals surface area contributed by atoms with Crippen LogP contribution < -0.4 is 0 Å². The average Bonchev–Trinajstić information content (AvgIpc) is 2.47. The van der Waals surface area contributed by atoms with Crippen molar-refractivity contribution < 1.29 is 9.53 Å². The average molecular weight is 211 g/mol. The van der Waals surface area contributed by atoms with E-state index in [-0.39, 0.29) is 12.2 Å². The van der Waals surface area contributed by atoms with Crippen LogP contribution in [-0.2, 0) is 4.74 Å². The summed E-state index contributed by atoms with van der Waals surface area (Å²) in [5.41, 5.74) is 0. The zero-order valence-corrected chi connectivity index (χ0v) is 9.74. The highest BCUT2D eigenvalue weighted by molar-refractivity contribution is 5.69. The highest BCUT2D eigenvalue weighted by atomic mass is 16.6. The molecule has 0 bridgehead atoms. The van der Waals surface area contributed by atoms with E-state index in [0.29, 0.717) is 0 Å². The number of unbranched alkanes of at least 4 members (excludes halogenated alkanes) is 1. The zero-order valence-electron chi connectivity index (χ0n) is 9.74. The number of cyclic esters (lactones) is 1. The second kappa shape index (κ2) is 8.09. The van der Waals surface area contributed by atoms with Crippen molar-refractivity contribution in [3.63, 3.8) is 0 Å². The molecule has 1 amide bonds. The third-order valence-electron chi connectivity index (χ3n) is 1.87. The van der Waals surface area contributed by atoms with E-state index in [0.717, 1.165) is 25.9 Å². The van der Waals surface area contributed by atoms with Crippen molar-refractivity contribution in [2.75, 3.05) is 13.1 Å². The molecule has 1 saturated heterocycles. The van der Waals surface area contributed by atoms with Crippen molar-refractivity contribution in [2.24, 2.45) is 0 Å². The highest BCUT2D eigenvalue weighted by Gasteiger charge is 2.26. The first kappa shape index (κ1) is 13.8. The van der Waals surface area contributed by atoms with Gasteiger partial charge in [-0.3, -0.25) is 0 Å². The molecule has 0 spiro atoms. The molecule has 3 heteroatoms. The number of allylic oxidation sites excluding steroid dienone is 2. The molecule has 86 valence electrons. The first-order valence-corrected chi connectivity index (χ1v) is 5.29. The molecular formula is C12H21NO2. The second-order valence-electron chi connectivity index (χ2n) is 3.48. The lowest BCUT2D eigenvalue weighted by molar-refractivity contribution is 0.138. The molecular weight excluding hydrogens is 190 g/mol. The minimum absolute atomic E-state index is 0.0567. The van der Waals surface area contributed by atoms with Gasteiger partial charge in [0.1, 0.15) is 6.10 Å². The molecule has 1 atom stereocenters. The normalized spacial score (nSPS) is 18.9. The molecule has 0 N–H and O–H groups in total. The third kappa shape index (κ3) is 5.94. The van der Waals surface area contributed by atoms with Gasteiger partial charge in [0, 0.05) is 6.54 Å². The molecule has 0 aliphatic carbocycles. The lowest BCUT2D eigenvalue weighted by Crippen LogP contribution is -2.25. The summed E-state index contributed by atoms with van der Waals surface area (Å²) in [6.45, 7) is 12.3. The summed E-state index contributed by atoms with van der Waals surface area (Å²) in [5, 5.41) is 0. The molecule has 1 unspecified atom stereocenters. The molecule has 1 aliphatic rings. The Balaban J connectivity index is 0.000000583. The molecule has 1 fully saturated rings. The van der Waals surface area contributed by atoms with Crippen molar-refractivity contribution in [2.45, 2.75) is 32.8 Å². The zero-order chi connectivity index (χ0) is 11.7. The van der Waals surface area contributed by atoms with Gasteiger partial charge in [-0.1, -0.05) is 12.2 Å².